The predicted octanol–water partition coefficient (Wildman–Crippen LogP) is 8.14. The van der Waals surface area contributed by atoms with E-state index in [1.165, 1.54) is 11.8 Å². The van der Waals surface area contributed by atoms with Crippen molar-refractivity contribution in [2.24, 2.45) is 4.99 Å². The van der Waals surface area contributed by atoms with Crippen molar-refractivity contribution in [3.63, 3.8) is 0 Å². The van der Waals surface area contributed by atoms with E-state index in [-0.39, 0.29) is 5.91 Å². The lowest BCUT2D eigenvalue weighted by Gasteiger charge is -2.15. The average molecular weight is 590 g/mol. The largest absolute Gasteiger partial charge is 0.493 e. The zero-order chi connectivity index (χ0) is 24.9. The Morgan fingerprint density at radius 3 is 2.37 bits per heavy atom. The lowest BCUT2D eigenvalue weighted by Crippen LogP contribution is -2.28. The molecule has 35 heavy (non-hydrogen) atoms. The van der Waals surface area contributed by atoms with Crippen molar-refractivity contribution in [3.05, 3.63) is 98.3 Å². The van der Waals surface area contributed by atoms with Crippen molar-refractivity contribution < 1.29 is 14.3 Å². The maximum Gasteiger partial charge on any atom is 0.271 e. The number of carbonyl (C=O) groups excluding carboxylic acids is 1. The fourth-order valence-electron chi connectivity index (χ4n) is 3.25. The van der Waals surface area contributed by atoms with E-state index < -0.39 is 0 Å². The number of benzene rings is 3. The van der Waals surface area contributed by atoms with Gasteiger partial charge < -0.3 is 9.47 Å². The van der Waals surface area contributed by atoms with Crippen LogP contribution < -0.4 is 14.4 Å². The number of amides is 1. The first-order valence-electron chi connectivity index (χ1n) is 10.3. The molecule has 1 saturated heterocycles. The van der Waals surface area contributed by atoms with E-state index in [2.05, 4.69) is 22.5 Å². The second-order valence-corrected chi connectivity index (χ2v) is 9.97. The zero-order valence-corrected chi connectivity index (χ0v) is 22.4. The van der Waals surface area contributed by atoms with Crippen LogP contribution in [0.4, 0.5) is 11.4 Å². The standard InChI is InChI=1S/C26H19BrCl2N2O3S/c1-3-12-34-24-21(27)13-16(14-22(24)33-2)15-23-25(32)31(20-10-6-18(29)7-11-20)26(35-23)30-19-8-4-17(28)5-9-19/h3-11,13-15H,1,12H2,2H3/b23-15-,30-26?. The molecule has 0 spiro atoms. The maximum atomic E-state index is 13.5. The van der Waals surface area contributed by atoms with Crippen LogP contribution in [-0.2, 0) is 4.79 Å². The number of aliphatic imine (C=N–C) groups is 1. The minimum absolute atomic E-state index is 0.202. The average Bonchev–Trinajstić information content (AvgIpc) is 3.14. The van der Waals surface area contributed by atoms with Crippen LogP contribution in [0.25, 0.3) is 6.08 Å². The van der Waals surface area contributed by atoms with E-state index in [9.17, 15) is 4.79 Å². The third-order valence-electron chi connectivity index (χ3n) is 4.84. The Morgan fingerprint density at radius 2 is 1.74 bits per heavy atom. The first-order valence-corrected chi connectivity index (χ1v) is 12.7. The highest BCUT2D eigenvalue weighted by atomic mass is 79.9. The molecule has 1 aliphatic rings. The van der Waals surface area contributed by atoms with Gasteiger partial charge in [-0.05, 0) is 100.0 Å². The van der Waals surface area contributed by atoms with Gasteiger partial charge in [-0.2, -0.15) is 0 Å². The second-order valence-electron chi connectivity index (χ2n) is 7.23. The summed E-state index contributed by atoms with van der Waals surface area (Å²) in [6.07, 6.45) is 3.45. The highest BCUT2D eigenvalue weighted by molar-refractivity contribution is 9.10. The molecule has 0 aromatic heterocycles. The number of rotatable bonds is 7. The number of amidine groups is 1. The molecule has 5 nitrogen and oxygen atoms in total. The topological polar surface area (TPSA) is 51.1 Å². The molecule has 0 unspecified atom stereocenters. The molecule has 0 saturated carbocycles. The minimum atomic E-state index is -0.202. The molecule has 0 N–H and O–H groups in total. The van der Waals surface area contributed by atoms with Gasteiger partial charge in [0.1, 0.15) is 6.61 Å². The molecule has 0 bridgehead atoms. The number of thioether (sulfide) groups is 1. The first kappa shape index (κ1) is 25.4. The number of hydrogen-bond donors (Lipinski definition) is 0. The number of carbonyl (C=O) groups is 1. The Morgan fingerprint density at radius 1 is 1.09 bits per heavy atom. The minimum Gasteiger partial charge on any atom is -0.493 e. The molecule has 1 fully saturated rings. The summed E-state index contributed by atoms with van der Waals surface area (Å²) >= 11 is 16.9. The van der Waals surface area contributed by atoms with Gasteiger partial charge in [-0.25, -0.2) is 4.99 Å². The Hall–Kier alpha value is -2.71. The fourth-order valence-corrected chi connectivity index (χ4v) is 5.08. The van der Waals surface area contributed by atoms with Crippen LogP contribution in [0.15, 0.2) is 87.7 Å². The summed E-state index contributed by atoms with van der Waals surface area (Å²) in [5, 5.41) is 1.71. The first-order chi connectivity index (χ1) is 16.9. The van der Waals surface area contributed by atoms with Crippen molar-refractivity contribution in [3.8, 4) is 11.5 Å². The number of ether oxygens (including phenoxy) is 2. The summed E-state index contributed by atoms with van der Waals surface area (Å²) in [5.41, 5.74) is 2.10. The number of hydrogen-bond acceptors (Lipinski definition) is 5. The summed E-state index contributed by atoms with van der Waals surface area (Å²) in [6, 6.07) is 17.8. The summed E-state index contributed by atoms with van der Waals surface area (Å²) in [7, 11) is 1.56. The Labute approximate surface area is 226 Å². The smallest absolute Gasteiger partial charge is 0.271 e. The molecular weight excluding hydrogens is 571 g/mol. The van der Waals surface area contributed by atoms with Gasteiger partial charge in [0.25, 0.3) is 5.91 Å². The molecule has 0 atom stereocenters. The maximum absolute atomic E-state index is 13.5. The Kier molecular flexibility index (Phi) is 8.23. The lowest BCUT2D eigenvalue weighted by atomic mass is 10.1. The van der Waals surface area contributed by atoms with Crippen LogP contribution >= 0.6 is 50.9 Å². The summed E-state index contributed by atoms with van der Waals surface area (Å²) in [6.45, 7) is 4.01. The fraction of sp³-hybridized carbons (Fsp3) is 0.0769. The van der Waals surface area contributed by atoms with Crippen LogP contribution in [0.1, 0.15) is 5.56 Å². The molecule has 0 aliphatic carbocycles. The highest BCUT2D eigenvalue weighted by Crippen LogP contribution is 2.41. The molecule has 1 amide bonds. The SMILES string of the molecule is C=CCOc1c(Br)cc(/C=C2\SC(=Nc3ccc(Cl)cc3)N(c3ccc(Cl)cc3)C2=O)cc1OC. The number of anilines is 1. The molecule has 0 radical (unpaired) electrons. The van der Waals surface area contributed by atoms with Crippen molar-refractivity contribution in [2.45, 2.75) is 0 Å². The van der Waals surface area contributed by atoms with Gasteiger partial charge in [0.05, 0.1) is 27.9 Å². The van der Waals surface area contributed by atoms with Gasteiger partial charge in [-0.1, -0.05) is 35.9 Å². The van der Waals surface area contributed by atoms with E-state index in [4.69, 9.17) is 37.7 Å². The van der Waals surface area contributed by atoms with E-state index in [1.807, 2.05) is 12.1 Å². The quantitative estimate of drug-likeness (QED) is 0.206. The van der Waals surface area contributed by atoms with Gasteiger partial charge in [0, 0.05) is 10.0 Å². The van der Waals surface area contributed by atoms with Gasteiger partial charge >= 0.3 is 0 Å². The van der Waals surface area contributed by atoms with Crippen molar-refractivity contribution in [1.29, 1.82) is 0 Å². The van der Waals surface area contributed by atoms with E-state index in [0.29, 0.717) is 54.1 Å². The van der Waals surface area contributed by atoms with Crippen molar-refractivity contribution in [2.75, 3.05) is 18.6 Å². The summed E-state index contributed by atoms with van der Waals surface area (Å²) in [5.74, 6) is 0.896. The molecule has 3 aromatic rings. The van der Waals surface area contributed by atoms with Gasteiger partial charge in [0.2, 0.25) is 0 Å². The van der Waals surface area contributed by atoms with E-state index >= 15 is 0 Å². The zero-order valence-electron chi connectivity index (χ0n) is 18.5. The molecule has 178 valence electrons. The molecule has 4 rings (SSSR count). The molecule has 1 aliphatic heterocycles. The molecule has 3 aromatic carbocycles. The number of nitrogens with zero attached hydrogens (tertiary/aromatic N) is 2. The molecule has 1 heterocycles. The number of methoxy groups -OCH3 is 1. The van der Waals surface area contributed by atoms with Crippen LogP contribution in [0, 0.1) is 0 Å². The predicted molar refractivity (Wildman–Crippen MR) is 149 cm³/mol. The Bertz CT molecular complexity index is 1330. The Balaban J connectivity index is 1.75. The second kappa shape index (κ2) is 11.4. The van der Waals surface area contributed by atoms with E-state index in [0.717, 1.165) is 5.56 Å². The van der Waals surface area contributed by atoms with Crippen molar-refractivity contribution >= 4 is 79.4 Å². The van der Waals surface area contributed by atoms with Crippen LogP contribution in [0.5, 0.6) is 11.5 Å². The molecule has 9 heteroatoms. The molecular formula is C26H19BrCl2N2O3S. The summed E-state index contributed by atoms with van der Waals surface area (Å²) in [4.78, 5) is 20.3. The normalized spacial score (nSPS) is 15.7. The van der Waals surface area contributed by atoms with Crippen LogP contribution in [0.3, 0.4) is 0 Å². The van der Waals surface area contributed by atoms with Crippen LogP contribution in [-0.4, -0.2) is 24.8 Å². The van der Waals surface area contributed by atoms with E-state index in [1.54, 1.807) is 72.7 Å². The van der Waals surface area contributed by atoms with Gasteiger partial charge in [-0.3, -0.25) is 9.69 Å². The van der Waals surface area contributed by atoms with Gasteiger partial charge in [0.15, 0.2) is 16.7 Å². The highest BCUT2D eigenvalue weighted by Gasteiger charge is 2.35. The monoisotopic (exact) mass is 588 g/mol. The van der Waals surface area contributed by atoms with Crippen molar-refractivity contribution in [1.82, 2.24) is 0 Å². The third-order valence-corrected chi connectivity index (χ3v) is 6.90. The van der Waals surface area contributed by atoms with Crippen LogP contribution in [0.2, 0.25) is 10.0 Å². The lowest BCUT2D eigenvalue weighted by molar-refractivity contribution is -0.113. The summed E-state index contributed by atoms with van der Waals surface area (Å²) < 4.78 is 11.9. The number of halogens is 3. The van der Waals surface area contributed by atoms with Gasteiger partial charge in [-0.15, -0.1) is 0 Å². The third kappa shape index (κ3) is 5.93.